The van der Waals surface area contributed by atoms with E-state index in [2.05, 4.69) is 32.3 Å². The number of nitrogens with two attached hydrogens (primary N) is 1. The largest absolute Gasteiger partial charge is 0.345 e. The molecule has 0 saturated carbocycles. The van der Waals surface area contributed by atoms with Crippen LogP contribution < -0.4 is 11.1 Å². The van der Waals surface area contributed by atoms with Gasteiger partial charge in [0.05, 0.1) is 24.2 Å². The minimum absolute atomic E-state index is 0.232. The van der Waals surface area contributed by atoms with E-state index in [4.69, 9.17) is 5.73 Å². The summed E-state index contributed by atoms with van der Waals surface area (Å²) in [5.74, 6) is 6.03. The van der Waals surface area contributed by atoms with Gasteiger partial charge in [0.15, 0.2) is 5.82 Å². The molecule has 7 heteroatoms. The van der Waals surface area contributed by atoms with E-state index in [1.165, 1.54) is 0 Å². The van der Waals surface area contributed by atoms with Crippen LogP contribution in [0.2, 0.25) is 0 Å². The molecule has 7 nitrogen and oxygen atoms in total. The monoisotopic (exact) mass is 284 g/mol. The second-order valence-corrected chi connectivity index (χ2v) is 4.14. The molecule has 2 aromatic rings. The Morgan fingerprint density at radius 2 is 2.38 bits per heavy atom. The molecular weight excluding hydrogens is 268 g/mol. The molecule has 3 N–H and O–H groups in total. The summed E-state index contributed by atoms with van der Waals surface area (Å²) in [6.07, 6.45) is 4.73. The third-order valence-corrected chi connectivity index (χ3v) is 2.83. The Balaban J connectivity index is 2.10. The standard InChI is InChI=1S/C14H16N6O/c1-2-20-10-18-19-13(20)9-17-14(21)12-5-7-16-8-11(12)4-3-6-15/h5,7-8,10H,2,6,9,15H2,1H3,(H,17,21). The summed E-state index contributed by atoms with van der Waals surface area (Å²) >= 11 is 0. The summed E-state index contributed by atoms with van der Waals surface area (Å²) in [6, 6.07) is 1.63. The zero-order valence-corrected chi connectivity index (χ0v) is 11.7. The van der Waals surface area contributed by atoms with E-state index in [1.807, 2.05) is 11.5 Å². The molecule has 0 aromatic carbocycles. The van der Waals surface area contributed by atoms with Gasteiger partial charge in [-0.05, 0) is 13.0 Å². The first kappa shape index (κ1) is 14.7. The van der Waals surface area contributed by atoms with E-state index >= 15 is 0 Å². The van der Waals surface area contributed by atoms with Crippen LogP contribution in [0.25, 0.3) is 0 Å². The fourth-order valence-corrected chi connectivity index (χ4v) is 1.77. The summed E-state index contributed by atoms with van der Waals surface area (Å²) in [4.78, 5) is 16.2. The molecule has 2 rings (SSSR count). The zero-order chi connectivity index (χ0) is 15.1. The maximum Gasteiger partial charge on any atom is 0.253 e. The van der Waals surface area contributed by atoms with Crippen LogP contribution >= 0.6 is 0 Å². The number of amides is 1. The molecule has 0 atom stereocenters. The van der Waals surface area contributed by atoms with E-state index in [0.717, 1.165) is 6.54 Å². The highest BCUT2D eigenvalue weighted by Crippen LogP contribution is 2.06. The summed E-state index contributed by atoms with van der Waals surface area (Å²) in [5.41, 5.74) is 6.36. The van der Waals surface area contributed by atoms with Crippen molar-refractivity contribution < 1.29 is 4.79 Å². The first-order valence-electron chi connectivity index (χ1n) is 6.54. The van der Waals surface area contributed by atoms with Crippen LogP contribution in [-0.4, -0.2) is 32.2 Å². The normalized spacial score (nSPS) is 9.81. The first-order valence-corrected chi connectivity index (χ1v) is 6.54. The third kappa shape index (κ3) is 3.64. The molecule has 0 aliphatic heterocycles. The van der Waals surface area contributed by atoms with Gasteiger partial charge < -0.3 is 15.6 Å². The number of carbonyl (C=O) groups is 1. The molecule has 1 amide bonds. The molecular formula is C14H16N6O. The summed E-state index contributed by atoms with van der Waals surface area (Å²) < 4.78 is 1.86. The number of aromatic nitrogens is 4. The number of nitrogens with zero attached hydrogens (tertiary/aromatic N) is 4. The van der Waals surface area contributed by atoms with Crippen LogP contribution in [0.15, 0.2) is 24.8 Å². The quantitative estimate of drug-likeness (QED) is 0.766. The van der Waals surface area contributed by atoms with Crippen LogP contribution in [0.1, 0.15) is 28.7 Å². The molecule has 0 spiro atoms. The van der Waals surface area contributed by atoms with Gasteiger partial charge in [-0.3, -0.25) is 9.78 Å². The molecule has 0 unspecified atom stereocenters. The van der Waals surface area contributed by atoms with E-state index in [-0.39, 0.29) is 12.5 Å². The van der Waals surface area contributed by atoms with Crippen molar-refractivity contribution in [1.82, 2.24) is 25.1 Å². The van der Waals surface area contributed by atoms with Gasteiger partial charge in [0.1, 0.15) is 6.33 Å². The Labute approximate surface area is 122 Å². The van der Waals surface area contributed by atoms with Crippen molar-refractivity contribution >= 4 is 5.91 Å². The van der Waals surface area contributed by atoms with Gasteiger partial charge in [-0.2, -0.15) is 0 Å². The predicted octanol–water partition coefficient (Wildman–Crippen LogP) is -0.0668. The van der Waals surface area contributed by atoms with E-state index in [9.17, 15) is 4.79 Å². The average Bonchev–Trinajstić information content (AvgIpc) is 2.98. The number of carbonyl (C=O) groups excluding carboxylic acids is 1. The number of hydrogen-bond donors (Lipinski definition) is 2. The summed E-state index contributed by atoms with van der Waals surface area (Å²) in [6.45, 7) is 3.27. The maximum atomic E-state index is 12.2. The summed E-state index contributed by atoms with van der Waals surface area (Å²) in [5, 5.41) is 10.6. The Morgan fingerprint density at radius 1 is 1.52 bits per heavy atom. The molecule has 2 aromatic heterocycles. The van der Waals surface area contributed by atoms with Crippen LogP contribution in [-0.2, 0) is 13.1 Å². The zero-order valence-electron chi connectivity index (χ0n) is 11.7. The van der Waals surface area contributed by atoms with Gasteiger partial charge >= 0.3 is 0 Å². The van der Waals surface area contributed by atoms with Gasteiger partial charge in [-0.25, -0.2) is 0 Å². The van der Waals surface area contributed by atoms with Gasteiger partial charge in [-0.15, -0.1) is 10.2 Å². The number of hydrogen-bond acceptors (Lipinski definition) is 5. The first-order chi connectivity index (χ1) is 10.3. The highest BCUT2D eigenvalue weighted by molar-refractivity contribution is 5.96. The van der Waals surface area contributed by atoms with Gasteiger partial charge in [-0.1, -0.05) is 11.8 Å². The Bertz CT molecular complexity index is 682. The molecule has 0 aliphatic rings. The molecule has 108 valence electrons. The van der Waals surface area contributed by atoms with Crippen molar-refractivity contribution in [1.29, 1.82) is 0 Å². The summed E-state index contributed by atoms with van der Waals surface area (Å²) in [7, 11) is 0. The Kier molecular flexibility index (Phi) is 5.01. The topological polar surface area (TPSA) is 98.7 Å². The van der Waals surface area contributed by atoms with Crippen molar-refractivity contribution in [2.75, 3.05) is 6.54 Å². The van der Waals surface area contributed by atoms with Crippen molar-refractivity contribution in [2.45, 2.75) is 20.0 Å². The maximum absolute atomic E-state index is 12.2. The lowest BCUT2D eigenvalue weighted by molar-refractivity contribution is 0.0949. The Morgan fingerprint density at radius 3 is 3.14 bits per heavy atom. The lowest BCUT2D eigenvalue weighted by atomic mass is 10.1. The second kappa shape index (κ2) is 7.17. The van der Waals surface area contributed by atoms with Crippen molar-refractivity contribution in [3.8, 4) is 11.8 Å². The van der Waals surface area contributed by atoms with E-state index in [0.29, 0.717) is 23.5 Å². The van der Waals surface area contributed by atoms with Crippen LogP contribution in [0.4, 0.5) is 0 Å². The number of pyridine rings is 1. The third-order valence-electron chi connectivity index (χ3n) is 2.83. The smallest absolute Gasteiger partial charge is 0.253 e. The molecule has 0 bridgehead atoms. The molecule has 2 heterocycles. The highest BCUT2D eigenvalue weighted by Gasteiger charge is 2.11. The minimum atomic E-state index is -0.232. The highest BCUT2D eigenvalue weighted by atomic mass is 16.1. The molecule has 0 saturated heterocycles. The predicted molar refractivity (Wildman–Crippen MR) is 77.0 cm³/mol. The van der Waals surface area contributed by atoms with Gasteiger partial charge in [0, 0.05) is 18.9 Å². The van der Waals surface area contributed by atoms with Gasteiger partial charge in [0.25, 0.3) is 5.91 Å². The van der Waals surface area contributed by atoms with Crippen molar-refractivity contribution in [3.63, 3.8) is 0 Å². The molecule has 0 aliphatic carbocycles. The van der Waals surface area contributed by atoms with E-state index < -0.39 is 0 Å². The fraction of sp³-hybridized carbons (Fsp3) is 0.286. The van der Waals surface area contributed by atoms with Crippen molar-refractivity contribution in [3.05, 3.63) is 41.7 Å². The minimum Gasteiger partial charge on any atom is -0.345 e. The average molecular weight is 284 g/mol. The second-order valence-electron chi connectivity index (χ2n) is 4.14. The lowest BCUT2D eigenvalue weighted by Crippen LogP contribution is -2.25. The number of nitrogens with one attached hydrogen (secondary N) is 1. The fourth-order valence-electron chi connectivity index (χ4n) is 1.77. The number of rotatable bonds is 4. The van der Waals surface area contributed by atoms with Crippen LogP contribution in [0, 0.1) is 11.8 Å². The molecule has 0 radical (unpaired) electrons. The van der Waals surface area contributed by atoms with Crippen LogP contribution in [0.3, 0.4) is 0 Å². The van der Waals surface area contributed by atoms with Crippen molar-refractivity contribution in [2.24, 2.45) is 5.73 Å². The SMILES string of the molecule is CCn1cnnc1CNC(=O)c1ccncc1C#CCN. The van der Waals surface area contributed by atoms with Gasteiger partial charge in [0.2, 0.25) is 0 Å². The lowest BCUT2D eigenvalue weighted by Gasteiger charge is -2.07. The molecule has 0 fully saturated rings. The van der Waals surface area contributed by atoms with E-state index in [1.54, 1.807) is 24.8 Å². The van der Waals surface area contributed by atoms with Crippen LogP contribution in [0.5, 0.6) is 0 Å². The number of aryl methyl sites for hydroxylation is 1. The molecule has 21 heavy (non-hydrogen) atoms. The Hall–Kier alpha value is -2.72.